The van der Waals surface area contributed by atoms with Gasteiger partial charge >= 0.3 is 0 Å². The molecule has 0 bridgehead atoms. The summed E-state index contributed by atoms with van der Waals surface area (Å²) in [4.78, 5) is 2.58. The lowest BCUT2D eigenvalue weighted by atomic mass is 10.1. The lowest BCUT2D eigenvalue weighted by molar-refractivity contribution is 0.262. The second-order valence-electron chi connectivity index (χ2n) is 6.68. The molecule has 0 aromatic heterocycles. The van der Waals surface area contributed by atoms with E-state index >= 15 is 0 Å². The first kappa shape index (κ1) is 14.1. The first-order chi connectivity index (χ1) is 9.65. The fraction of sp³-hybridized carbons (Fsp3) is 0.647. The quantitative estimate of drug-likeness (QED) is 0.885. The second kappa shape index (κ2) is 5.84. The summed E-state index contributed by atoms with van der Waals surface area (Å²) in [7, 11) is 0. The average Bonchev–Trinajstić information content (AvgIpc) is 3.03. The molecule has 20 heavy (non-hydrogen) atoms. The smallest absolute Gasteiger partial charge is 0.0341 e. The number of nitrogens with zero attached hydrogens (tertiary/aromatic N) is 1. The maximum absolute atomic E-state index is 6.23. The highest BCUT2D eigenvalue weighted by Crippen LogP contribution is 2.37. The molecule has 1 heterocycles. The van der Waals surface area contributed by atoms with Crippen molar-refractivity contribution in [3.05, 3.63) is 35.4 Å². The minimum atomic E-state index is 0.208. The zero-order valence-corrected chi connectivity index (χ0v) is 12.7. The van der Waals surface area contributed by atoms with E-state index in [0.29, 0.717) is 12.1 Å². The van der Waals surface area contributed by atoms with Crippen molar-refractivity contribution < 1.29 is 0 Å². The molecule has 2 aliphatic rings. The molecule has 3 heteroatoms. The molecule has 110 valence electrons. The fourth-order valence-corrected chi connectivity index (χ4v) is 3.67. The first-order valence-corrected chi connectivity index (χ1v) is 7.97. The number of rotatable bonds is 4. The van der Waals surface area contributed by atoms with Crippen LogP contribution < -0.4 is 11.1 Å². The van der Waals surface area contributed by atoms with Gasteiger partial charge in [-0.2, -0.15) is 0 Å². The first-order valence-electron chi connectivity index (χ1n) is 7.97. The van der Waals surface area contributed by atoms with Crippen LogP contribution in [-0.4, -0.2) is 30.6 Å². The van der Waals surface area contributed by atoms with Gasteiger partial charge in [0.1, 0.15) is 0 Å². The third-order valence-electron chi connectivity index (χ3n) is 4.96. The molecule has 0 amide bonds. The minimum absolute atomic E-state index is 0.208. The molecule has 1 saturated heterocycles. The normalized spacial score (nSPS) is 30.1. The Labute approximate surface area is 122 Å². The number of nitrogens with one attached hydrogen (secondary N) is 1. The zero-order chi connectivity index (χ0) is 14.1. The van der Waals surface area contributed by atoms with Crippen molar-refractivity contribution in [3.63, 3.8) is 0 Å². The second-order valence-corrected chi connectivity index (χ2v) is 6.68. The van der Waals surface area contributed by atoms with Crippen LogP contribution in [0.25, 0.3) is 0 Å². The third kappa shape index (κ3) is 2.76. The number of fused-ring (bicyclic) bond motifs is 1. The van der Waals surface area contributed by atoms with Crippen LogP contribution in [0.15, 0.2) is 24.3 Å². The van der Waals surface area contributed by atoms with Gasteiger partial charge in [0.15, 0.2) is 0 Å². The van der Waals surface area contributed by atoms with Crippen LogP contribution in [0.2, 0.25) is 0 Å². The molecule has 1 aliphatic heterocycles. The maximum atomic E-state index is 6.23. The van der Waals surface area contributed by atoms with E-state index in [2.05, 4.69) is 48.3 Å². The molecule has 1 aromatic rings. The summed E-state index contributed by atoms with van der Waals surface area (Å²) in [6.07, 6.45) is 2.37. The molecule has 0 spiro atoms. The highest BCUT2D eigenvalue weighted by molar-refractivity contribution is 5.37. The molecule has 0 radical (unpaired) electrons. The van der Waals surface area contributed by atoms with Crippen molar-refractivity contribution in [2.75, 3.05) is 19.6 Å². The molecule has 3 nitrogen and oxygen atoms in total. The Hall–Kier alpha value is -0.900. The lowest BCUT2D eigenvalue weighted by Crippen LogP contribution is -2.31. The molecular weight excluding hydrogens is 246 g/mol. The van der Waals surface area contributed by atoms with Crippen molar-refractivity contribution in [3.8, 4) is 0 Å². The van der Waals surface area contributed by atoms with Crippen LogP contribution in [0.3, 0.4) is 0 Å². The van der Waals surface area contributed by atoms with Gasteiger partial charge < -0.3 is 16.0 Å². The fourth-order valence-electron chi connectivity index (χ4n) is 3.67. The van der Waals surface area contributed by atoms with Gasteiger partial charge in [-0.25, -0.2) is 0 Å². The maximum Gasteiger partial charge on any atom is 0.0341 e. The van der Waals surface area contributed by atoms with E-state index in [9.17, 15) is 0 Å². The summed E-state index contributed by atoms with van der Waals surface area (Å²) in [5.74, 6) is 0.793. The van der Waals surface area contributed by atoms with E-state index in [0.717, 1.165) is 18.9 Å². The van der Waals surface area contributed by atoms with Crippen molar-refractivity contribution in [2.24, 2.45) is 11.7 Å². The Kier molecular flexibility index (Phi) is 4.11. The summed E-state index contributed by atoms with van der Waals surface area (Å²) in [5.41, 5.74) is 8.98. The summed E-state index contributed by atoms with van der Waals surface area (Å²) in [6, 6.07) is 9.97. The molecule has 0 saturated carbocycles. The van der Waals surface area contributed by atoms with Crippen LogP contribution in [0.5, 0.6) is 0 Å². The Balaban J connectivity index is 1.56. The molecule has 3 rings (SSSR count). The number of nitrogens with two attached hydrogens (primary N) is 1. The van der Waals surface area contributed by atoms with Crippen molar-refractivity contribution in [2.45, 2.75) is 44.8 Å². The van der Waals surface area contributed by atoms with Crippen LogP contribution in [0.4, 0.5) is 0 Å². The largest absolute Gasteiger partial charge is 0.324 e. The van der Waals surface area contributed by atoms with Gasteiger partial charge in [0.05, 0.1) is 0 Å². The van der Waals surface area contributed by atoms with Gasteiger partial charge in [-0.1, -0.05) is 24.3 Å². The van der Waals surface area contributed by atoms with E-state index in [1.807, 2.05) is 0 Å². The third-order valence-corrected chi connectivity index (χ3v) is 4.96. The van der Waals surface area contributed by atoms with E-state index in [-0.39, 0.29) is 6.04 Å². The molecule has 3 unspecified atom stereocenters. The van der Waals surface area contributed by atoms with Crippen molar-refractivity contribution in [1.82, 2.24) is 10.2 Å². The summed E-state index contributed by atoms with van der Waals surface area (Å²) < 4.78 is 0. The van der Waals surface area contributed by atoms with E-state index in [1.165, 1.54) is 30.6 Å². The van der Waals surface area contributed by atoms with Gasteiger partial charge in [0.25, 0.3) is 0 Å². The molecule has 3 atom stereocenters. The molecule has 3 N–H and O–H groups in total. The number of hydrogen-bond donors (Lipinski definition) is 2. The summed E-state index contributed by atoms with van der Waals surface area (Å²) in [5, 5.41) is 3.76. The molecule has 1 aliphatic carbocycles. The van der Waals surface area contributed by atoms with Crippen molar-refractivity contribution in [1.29, 1.82) is 0 Å². The predicted molar refractivity (Wildman–Crippen MR) is 83.5 cm³/mol. The standard InChI is InChI=1S/C17H27N3/c1-12(2)20-8-7-13(11-20)10-19-17-9-16(18)14-5-3-4-6-15(14)17/h3-6,12-13,16-17,19H,7-11,18H2,1-2H3. The monoisotopic (exact) mass is 273 g/mol. The average molecular weight is 273 g/mol. The van der Waals surface area contributed by atoms with Crippen LogP contribution in [0, 0.1) is 5.92 Å². The topological polar surface area (TPSA) is 41.3 Å². The summed E-state index contributed by atoms with van der Waals surface area (Å²) >= 11 is 0. The number of likely N-dealkylation sites (tertiary alicyclic amines) is 1. The minimum Gasteiger partial charge on any atom is -0.324 e. The Morgan fingerprint density at radius 1 is 1.30 bits per heavy atom. The Morgan fingerprint density at radius 3 is 2.75 bits per heavy atom. The van der Waals surface area contributed by atoms with Crippen LogP contribution in [0.1, 0.15) is 49.9 Å². The molecule has 1 fully saturated rings. The Bertz CT molecular complexity index is 457. The lowest BCUT2D eigenvalue weighted by Gasteiger charge is -2.21. The molecule has 1 aromatic carbocycles. The number of hydrogen-bond acceptors (Lipinski definition) is 3. The molecular formula is C17H27N3. The predicted octanol–water partition coefficient (Wildman–Crippen LogP) is 2.45. The van der Waals surface area contributed by atoms with E-state index in [1.54, 1.807) is 0 Å². The highest BCUT2D eigenvalue weighted by atomic mass is 15.2. The van der Waals surface area contributed by atoms with Crippen molar-refractivity contribution >= 4 is 0 Å². The van der Waals surface area contributed by atoms with Gasteiger partial charge in [0.2, 0.25) is 0 Å². The van der Waals surface area contributed by atoms with Gasteiger partial charge in [0, 0.05) is 24.7 Å². The van der Waals surface area contributed by atoms with Crippen LogP contribution in [-0.2, 0) is 0 Å². The van der Waals surface area contributed by atoms with Crippen LogP contribution >= 0.6 is 0 Å². The SMILES string of the molecule is CC(C)N1CCC(CNC2CC(N)c3ccccc32)C1. The highest BCUT2D eigenvalue weighted by Gasteiger charge is 2.29. The van der Waals surface area contributed by atoms with E-state index in [4.69, 9.17) is 5.73 Å². The zero-order valence-electron chi connectivity index (χ0n) is 12.7. The summed E-state index contributed by atoms with van der Waals surface area (Å²) in [6.45, 7) is 8.20. The van der Waals surface area contributed by atoms with E-state index < -0.39 is 0 Å². The van der Waals surface area contributed by atoms with Gasteiger partial charge in [-0.15, -0.1) is 0 Å². The van der Waals surface area contributed by atoms with Gasteiger partial charge in [-0.05, 0) is 56.8 Å². The van der Waals surface area contributed by atoms with Gasteiger partial charge in [-0.3, -0.25) is 0 Å². The Morgan fingerprint density at radius 2 is 2.05 bits per heavy atom. The number of benzene rings is 1.